The molecule has 0 aliphatic heterocycles. The van der Waals surface area contributed by atoms with Crippen LogP contribution < -0.4 is 0 Å². The summed E-state index contributed by atoms with van der Waals surface area (Å²) in [6, 6.07) is 6.85. The van der Waals surface area contributed by atoms with Crippen LogP contribution in [0.3, 0.4) is 0 Å². The monoisotopic (exact) mass is 274 g/mol. The Kier molecular flexibility index (Phi) is 4.58. The predicted molar refractivity (Wildman–Crippen MR) is 75.6 cm³/mol. The summed E-state index contributed by atoms with van der Waals surface area (Å²) in [5, 5.41) is 8.90. The van der Waals surface area contributed by atoms with Gasteiger partial charge in [-0.05, 0) is 30.2 Å². The van der Waals surface area contributed by atoms with Crippen molar-refractivity contribution >= 4 is 23.5 Å². The van der Waals surface area contributed by atoms with Crippen LogP contribution >= 0.6 is 11.8 Å². The zero-order valence-corrected chi connectivity index (χ0v) is 11.2. The number of hydrogen-bond donors (Lipinski definition) is 1. The third-order valence-corrected chi connectivity index (χ3v) is 3.81. The van der Waals surface area contributed by atoms with Crippen LogP contribution in [-0.4, -0.2) is 22.6 Å². The fourth-order valence-electron chi connectivity index (χ4n) is 1.80. The molecule has 1 aromatic carbocycles. The molecule has 0 unspecified atom stereocenters. The summed E-state index contributed by atoms with van der Waals surface area (Å²) in [5.41, 5.74) is 1.14. The van der Waals surface area contributed by atoms with Gasteiger partial charge in [-0.1, -0.05) is 24.3 Å². The fraction of sp³-hybridized carbons (Fsp3) is 0.200. The maximum Gasteiger partial charge on any atom is 0.335 e. The molecular weight excluding hydrogens is 260 g/mol. The number of ketones is 1. The topological polar surface area (TPSA) is 54.4 Å². The summed E-state index contributed by atoms with van der Waals surface area (Å²) in [6.07, 6.45) is 6.83. The van der Waals surface area contributed by atoms with Gasteiger partial charge in [-0.2, -0.15) is 0 Å². The lowest BCUT2D eigenvalue weighted by molar-refractivity contribution is -0.115. The molecule has 0 heterocycles. The van der Waals surface area contributed by atoms with Crippen LogP contribution in [0.1, 0.15) is 23.2 Å². The predicted octanol–water partition coefficient (Wildman–Crippen LogP) is 3.32. The average molecular weight is 274 g/mol. The van der Waals surface area contributed by atoms with E-state index in [1.165, 1.54) is 0 Å². The first kappa shape index (κ1) is 13.6. The number of Topliss-reactive ketones (excluding diaryl/α,β-unsaturated/α-hetero) is 1. The minimum Gasteiger partial charge on any atom is -0.478 e. The second-order valence-electron chi connectivity index (χ2n) is 4.18. The smallest absolute Gasteiger partial charge is 0.335 e. The summed E-state index contributed by atoms with van der Waals surface area (Å²) in [5.74, 6) is 0.0363. The van der Waals surface area contributed by atoms with Crippen LogP contribution in [0, 0.1) is 0 Å². The number of aromatic carboxylic acids is 1. The molecule has 1 N–H and O–H groups in total. The molecule has 0 atom stereocenters. The molecule has 0 amide bonds. The average Bonchev–Trinajstić information content (AvgIpc) is 2.41. The molecule has 1 aliphatic rings. The first-order valence-corrected chi connectivity index (χ1v) is 7.00. The second kappa shape index (κ2) is 6.38. The maximum atomic E-state index is 11.6. The van der Waals surface area contributed by atoms with E-state index in [-0.39, 0.29) is 5.78 Å². The van der Waals surface area contributed by atoms with Gasteiger partial charge in [-0.3, -0.25) is 4.79 Å². The van der Waals surface area contributed by atoms with Crippen LogP contribution in [0.2, 0.25) is 0 Å². The van der Waals surface area contributed by atoms with E-state index in [9.17, 15) is 9.59 Å². The quantitative estimate of drug-likeness (QED) is 0.837. The molecule has 4 heteroatoms. The minimum atomic E-state index is -0.919. The van der Waals surface area contributed by atoms with Crippen molar-refractivity contribution in [3.8, 4) is 0 Å². The summed E-state index contributed by atoms with van der Waals surface area (Å²) in [6.45, 7) is 0. The summed E-state index contributed by atoms with van der Waals surface area (Å²) in [4.78, 5) is 23.3. The lowest BCUT2D eigenvalue weighted by Crippen LogP contribution is -2.04. The third-order valence-electron chi connectivity index (χ3n) is 2.82. The number of carboxylic acids is 1. The second-order valence-corrected chi connectivity index (χ2v) is 5.35. The molecule has 1 aromatic rings. The van der Waals surface area contributed by atoms with Gasteiger partial charge in [0.2, 0.25) is 0 Å². The number of rotatable bonds is 5. The van der Waals surface area contributed by atoms with Gasteiger partial charge in [-0.15, -0.1) is 11.8 Å². The largest absolute Gasteiger partial charge is 0.478 e. The van der Waals surface area contributed by atoms with Gasteiger partial charge in [0.15, 0.2) is 5.78 Å². The minimum absolute atomic E-state index is 0.183. The van der Waals surface area contributed by atoms with Crippen LogP contribution in [0.5, 0.6) is 0 Å². The fourth-order valence-corrected chi connectivity index (χ4v) is 2.75. The summed E-state index contributed by atoms with van der Waals surface area (Å²) >= 11 is 1.57. The first-order valence-electron chi connectivity index (χ1n) is 6.02. The van der Waals surface area contributed by atoms with Gasteiger partial charge < -0.3 is 5.11 Å². The standard InChI is InChI=1S/C15H14O3S/c16-14-7-2-1-4-11(14)8-9-19-13-6-3-5-12(10-13)15(17)18/h1-6,10H,7-9H2,(H,17,18). The maximum absolute atomic E-state index is 11.6. The van der Waals surface area contributed by atoms with Crippen molar-refractivity contribution in [1.82, 2.24) is 0 Å². The lowest BCUT2D eigenvalue weighted by Gasteiger charge is -2.08. The lowest BCUT2D eigenvalue weighted by atomic mass is 10.0. The van der Waals surface area contributed by atoms with Crippen molar-refractivity contribution in [2.24, 2.45) is 0 Å². The Morgan fingerprint density at radius 3 is 2.95 bits per heavy atom. The van der Waals surface area contributed by atoms with Crippen molar-refractivity contribution in [3.63, 3.8) is 0 Å². The molecule has 0 spiro atoms. The highest BCUT2D eigenvalue weighted by Crippen LogP contribution is 2.23. The highest BCUT2D eigenvalue weighted by Gasteiger charge is 2.10. The van der Waals surface area contributed by atoms with Crippen LogP contribution in [0.4, 0.5) is 0 Å². The van der Waals surface area contributed by atoms with Crippen molar-refractivity contribution in [2.45, 2.75) is 17.7 Å². The number of thioether (sulfide) groups is 1. The number of carbonyl (C=O) groups is 2. The Morgan fingerprint density at radius 2 is 2.21 bits per heavy atom. The highest BCUT2D eigenvalue weighted by molar-refractivity contribution is 7.99. The van der Waals surface area contributed by atoms with Gasteiger partial charge in [0.05, 0.1) is 5.56 Å². The van der Waals surface area contributed by atoms with Crippen LogP contribution in [-0.2, 0) is 4.79 Å². The Bertz CT molecular complexity index is 558. The Balaban J connectivity index is 1.91. The molecule has 3 nitrogen and oxygen atoms in total. The number of carbonyl (C=O) groups excluding carboxylic acids is 1. The summed E-state index contributed by atoms with van der Waals surface area (Å²) < 4.78 is 0. The number of carboxylic acid groups (broad SMARTS) is 1. The first-order chi connectivity index (χ1) is 9.16. The van der Waals surface area contributed by atoms with E-state index in [4.69, 9.17) is 5.11 Å². The molecule has 0 bridgehead atoms. The molecule has 0 saturated heterocycles. The van der Waals surface area contributed by atoms with Gasteiger partial charge in [0, 0.05) is 17.1 Å². The molecule has 0 aromatic heterocycles. The number of hydrogen-bond acceptors (Lipinski definition) is 3. The van der Waals surface area contributed by atoms with Crippen LogP contribution in [0.15, 0.2) is 53.0 Å². The van der Waals surface area contributed by atoms with E-state index in [0.29, 0.717) is 18.4 Å². The van der Waals surface area contributed by atoms with Gasteiger partial charge in [-0.25, -0.2) is 4.79 Å². The molecule has 1 aliphatic carbocycles. The highest BCUT2D eigenvalue weighted by atomic mass is 32.2. The van der Waals surface area contributed by atoms with Gasteiger partial charge in [0.1, 0.15) is 0 Å². The number of benzene rings is 1. The van der Waals surface area contributed by atoms with E-state index < -0.39 is 5.97 Å². The van der Waals surface area contributed by atoms with E-state index in [2.05, 4.69) is 0 Å². The Morgan fingerprint density at radius 1 is 1.37 bits per heavy atom. The van der Waals surface area contributed by atoms with Crippen molar-refractivity contribution < 1.29 is 14.7 Å². The van der Waals surface area contributed by atoms with E-state index >= 15 is 0 Å². The van der Waals surface area contributed by atoms with Crippen molar-refractivity contribution in [2.75, 3.05) is 5.75 Å². The molecule has 0 fully saturated rings. The molecule has 2 rings (SSSR count). The third kappa shape index (κ3) is 3.83. The normalized spacial score (nSPS) is 14.3. The van der Waals surface area contributed by atoms with Gasteiger partial charge >= 0.3 is 5.97 Å². The van der Waals surface area contributed by atoms with E-state index in [0.717, 1.165) is 16.2 Å². The molecule has 98 valence electrons. The van der Waals surface area contributed by atoms with Crippen molar-refractivity contribution in [3.05, 3.63) is 53.6 Å². The summed E-state index contributed by atoms with van der Waals surface area (Å²) in [7, 11) is 0. The molecule has 19 heavy (non-hydrogen) atoms. The SMILES string of the molecule is O=C1CC=CC=C1CCSc1cccc(C(=O)O)c1. The zero-order chi connectivity index (χ0) is 13.7. The Labute approximate surface area is 116 Å². The van der Waals surface area contributed by atoms with Crippen molar-refractivity contribution in [1.29, 1.82) is 0 Å². The zero-order valence-electron chi connectivity index (χ0n) is 10.3. The van der Waals surface area contributed by atoms with E-state index in [1.807, 2.05) is 24.3 Å². The van der Waals surface area contributed by atoms with Crippen LogP contribution in [0.25, 0.3) is 0 Å². The molecule has 0 radical (unpaired) electrons. The molecular formula is C15H14O3S. The van der Waals surface area contributed by atoms with E-state index in [1.54, 1.807) is 30.0 Å². The Hall–Kier alpha value is -1.81. The van der Waals surface area contributed by atoms with Gasteiger partial charge in [0.25, 0.3) is 0 Å². The number of allylic oxidation sites excluding steroid dienone is 4. The molecule has 0 saturated carbocycles.